The number of rotatable bonds is 1. The summed E-state index contributed by atoms with van der Waals surface area (Å²) in [5.41, 5.74) is 1.18. The summed E-state index contributed by atoms with van der Waals surface area (Å²) in [7, 11) is 0. The zero-order valence-corrected chi connectivity index (χ0v) is 14.4. The largest absolute Gasteiger partial charge is 0.335 e. The fraction of sp³-hybridized carbons (Fsp3) is 0.550. The lowest BCUT2D eigenvalue weighted by atomic mass is 9.68. The van der Waals surface area contributed by atoms with E-state index in [1.54, 1.807) is 11.3 Å². The molecule has 2 aliphatic carbocycles. The molecule has 4 aliphatic rings. The van der Waals surface area contributed by atoms with Gasteiger partial charge in [0.15, 0.2) is 0 Å². The predicted molar refractivity (Wildman–Crippen MR) is 94.9 cm³/mol. The monoisotopic (exact) mass is 325 g/mol. The molecule has 6 rings (SSSR count). The van der Waals surface area contributed by atoms with Crippen molar-refractivity contribution in [2.24, 2.45) is 17.8 Å². The Balaban J connectivity index is 1.53. The van der Waals surface area contributed by atoms with Crippen LogP contribution in [0.2, 0.25) is 0 Å². The van der Waals surface area contributed by atoms with Crippen LogP contribution in [0.3, 0.4) is 0 Å². The molecule has 2 aromatic rings. The zero-order chi connectivity index (χ0) is 15.6. The molecule has 1 aromatic carbocycles. The SMILES string of the molecule is Cc1c(C(=O)N2CC3C[C@@H]4CC2C[C@H](C3)C4)sc2ccccc12. The van der Waals surface area contributed by atoms with Crippen molar-refractivity contribution in [3.05, 3.63) is 34.7 Å². The molecule has 0 spiro atoms. The van der Waals surface area contributed by atoms with E-state index in [1.807, 2.05) is 0 Å². The van der Waals surface area contributed by atoms with Crippen LogP contribution in [0.1, 0.15) is 47.3 Å². The molecule has 4 bridgehead atoms. The van der Waals surface area contributed by atoms with Gasteiger partial charge < -0.3 is 4.90 Å². The van der Waals surface area contributed by atoms with Crippen LogP contribution in [-0.2, 0) is 0 Å². The molecule has 4 fully saturated rings. The third kappa shape index (κ3) is 2.16. The molecule has 0 radical (unpaired) electrons. The van der Waals surface area contributed by atoms with Crippen LogP contribution >= 0.6 is 11.3 Å². The molecule has 2 saturated carbocycles. The first-order valence-electron chi connectivity index (χ1n) is 8.98. The second-order valence-electron chi connectivity index (χ2n) is 7.94. The van der Waals surface area contributed by atoms with Gasteiger partial charge in [-0.15, -0.1) is 11.3 Å². The lowest BCUT2D eigenvalue weighted by molar-refractivity contribution is 0.0637. The van der Waals surface area contributed by atoms with Crippen LogP contribution < -0.4 is 0 Å². The van der Waals surface area contributed by atoms with E-state index >= 15 is 0 Å². The highest BCUT2D eigenvalue weighted by atomic mass is 32.1. The number of thiophene rings is 1. The van der Waals surface area contributed by atoms with Gasteiger partial charge in [-0.1, -0.05) is 18.2 Å². The van der Waals surface area contributed by atoms with E-state index in [0.29, 0.717) is 11.9 Å². The number of hydrogen-bond acceptors (Lipinski definition) is 2. The van der Waals surface area contributed by atoms with Crippen molar-refractivity contribution in [3.63, 3.8) is 0 Å². The first-order chi connectivity index (χ1) is 11.2. The summed E-state index contributed by atoms with van der Waals surface area (Å²) in [5, 5.41) is 1.25. The minimum absolute atomic E-state index is 0.307. The number of hydrogen-bond donors (Lipinski definition) is 0. The summed E-state index contributed by atoms with van der Waals surface area (Å²) < 4.78 is 1.24. The highest BCUT2D eigenvalue weighted by Crippen LogP contribution is 2.48. The molecule has 4 atom stereocenters. The first-order valence-corrected chi connectivity index (χ1v) is 9.79. The number of aryl methyl sites for hydroxylation is 1. The number of fused-ring (bicyclic) bond motifs is 2. The van der Waals surface area contributed by atoms with Gasteiger partial charge >= 0.3 is 0 Å². The molecule has 3 heteroatoms. The van der Waals surface area contributed by atoms with Crippen molar-refractivity contribution in [1.29, 1.82) is 0 Å². The van der Waals surface area contributed by atoms with E-state index in [1.165, 1.54) is 47.8 Å². The lowest BCUT2D eigenvalue weighted by Crippen LogP contribution is -2.42. The Labute approximate surface area is 141 Å². The normalized spacial score (nSPS) is 32.5. The van der Waals surface area contributed by atoms with Gasteiger partial charge in [0, 0.05) is 17.3 Å². The third-order valence-corrected chi connectivity index (χ3v) is 7.67. The van der Waals surface area contributed by atoms with E-state index in [2.05, 4.69) is 36.1 Å². The molecular formula is C20H23NOS. The summed E-state index contributed by atoms with van der Waals surface area (Å²) in [6.45, 7) is 3.12. The van der Waals surface area contributed by atoms with E-state index < -0.39 is 0 Å². The number of amides is 1. The van der Waals surface area contributed by atoms with Gasteiger partial charge in [0.2, 0.25) is 0 Å². The number of carbonyl (C=O) groups excluding carboxylic acids is 1. The average molecular weight is 325 g/mol. The van der Waals surface area contributed by atoms with E-state index in [0.717, 1.165) is 29.2 Å². The number of nitrogens with zero attached hydrogens (tertiary/aromatic N) is 1. The average Bonchev–Trinajstić information content (AvgIpc) is 2.75. The topological polar surface area (TPSA) is 20.3 Å². The Morgan fingerprint density at radius 2 is 1.74 bits per heavy atom. The van der Waals surface area contributed by atoms with Crippen molar-refractivity contribution in [2.75, 3.05) is 6.54 Å². The number of carbonyl (C=O) groups is 1. The molecule has 23 heavy (non-hydrogen) atoms. The first kappa shape index (κ1) is 14.0. The molecule has 120 valence electrons. The van der Waals surface area contributed by atoms with Gasteiger partial charge in [-0.25, -0.2) is 0 Å². The van der Waals surface area contributed by atoms with Crippen LogP contribution in [0.25, 0.3) is 10.1 Å². The summed E-state index contributed by atoms with van der Waals surface area (Å²) in [5.74, 6) is 2.84. The van der Waals surface area contributed by atoms with Crippen LogP contribution in [0, 0.1) is 24.7 Å². The second-order valence-corrected chi connectivity index (χ2v) is 8.99. The molecule has 2 nitrogen and oxygen atoms in total. The Bertz CT molecular complexity index is 765. The smallest absolute Gasteiger partial charge is 0.264 e. The van der Waals surface area contributed by atoms with Crippen molar-refractivity contribution in [3.8, 4) is 0 Å². The maximum absolute atomic E-state index is 13.3. The van der Waals surface area contributed by atoms with E-state index in [-0.39, 0.29) is 0 Å². The van der Waals surface area contributed by atoms with Gasteiger partial charge in [-0.3, -0.25) is 4.79 Å². The molecule has 2 saturated heterocycles. The minimum atomic E-state index is 0.307. The van der Waals surface area contributed by atoms with Gasteiger partial charge in [-0.2, -0.15) is 0 Å². The van der Waals surface area contributed by atoms with Crippen molar-refractivity contribution >= 4 is 27.3 Å². The quantitative estimate of drug-likeness (QED) is 0.733. The molecule has 2 unspecified atom stereocenters. The van der Waals surface area contributed by atoms with Crippen molar-refractivity contribution in [1.82, 2.24) is 4.90 Å². The van der Waals surface area contributed by atoms with Crippen LogP contribution in [-0.4, -0.2) is 23.4 Å². The zero-order valence-electron chi connectivity index (χ0n) is 13.6. The highest BCUT2D eigenvalue weighted by Gasteiger charge is 2.44. The summed E-state index contributed by atoms with van der Waals surface area (Å²) in [4.78, 5) is 16.6. The fourth-order valence-electron chi connectivity index (χ4n) is 5.54. The molecule has 1 aromatic heterocycles. The van der Waals surface area contributed by atoms with Gasteiger partial charge in [-0.05, 0) is 73.8 Å². The Morgan fingerprint density at radius 3 is 2.48 bits per heavy atom. The maximum Gasteiger partial charge on any atom is 0.264 e. The number of benzene rings is 1. The van der Waals surface area contributed by atoms with Crippen LogP contribution in [0.5, 0.6) is 0 Å². The molecule has 0 N–H and O–H groups in total. The van der Waals surface area contributed by atoms with Gasteiger partial charge in [0.1, 0.15) is 0 Å². The second kappa shape index (κ2) is 5.07. The fourth-order valence-corrected chi connectivity index (χ4v) is 6.71. The van der Waals surface area contributed by atoms with E-state index in [4.69, 9.17) is 0 Å². The van der Waals surface area contributed by atoms with Crippen molar-refractivity contribution in [2.45, 2.75) is 45.1 Å². The van der Waals surface area contributed by atoms with Gasteiger partial charge in [0.25, 0.3) is 5.91 Å². The summed E-state index contributed by atoms with van der Waals surface area (Å²) in [6, 6.07) is 8.93. The Kier molecular flexibility index (Phi) is 3.09. The van der Waals surface area contributed by atoms with Crippen LogP contribution in [0.15, 0.2) is 24.3 Å². The third-order valence-electron chi connectivity index (χ3n) is 6.41. The van der Waals surface area contributed by atoms with Crippen LogP contribution in [0.4, 0.5) is 0 Å². The van der Waals surface area contributed by atoms with E-state index in [9.17, 15) is 4.79 Å². The highest BCUT2D eigenvalue weighted by molar-refractivity contribution is 7.21. The maximum atomic E-state index is 13.3. The summed E-state index contributed by atoms with van der Waals surface area (Å²) in [6.07, 6.45) is 6.66. The molecule has 3 heterocycles. The summed E-state index contributed by atoms with van der Waals surface area (Å²) >= 11 is 1.69. The van der Waals surface area contributed by atoms with Gasteiger partial charge in [0.05, 0.1) is 4.88 Å². The molecule has 2 aliphatic heterocycles. The Morgan fingerprint density at radius 1 is 1.04 bits per heavy atom. The minimum Gasteiger partial charge on any atom is -0.335 e. The Hall–Kier alpha value is -1.35. The lowest BCUT2D eigenvalue weighted by Gasteiger charge is -2.38. The standard InChI is InChI=1S/C20H23NOS/c1-12-17-4-2-3-5-18(17)23-19(12)20(22)21-11-15-7-13-6-14(8-15)10-16(21)9-13/h2-5,13-16H,6-11H2,1H3/t13-,14+,15?,16?. The molecular weight excluding hydrogens is 302 g/mol. The predicted octanol–water partition coefficient (Wildman–Crippen LogP) is 4.86. The van der Waals surface area contributed by atoms with Crippen molar-refractivity contribution < 1.29 is 4.79 Å². The molecule has 1 amide bonds.